The number of rotatable bonds is 2. The number of pyridine rings is 1. The Morgan fingerprint density at radius 2 is 2.22 bits per heavy atom. The van der Waals surface area contributed by atoms with Gasteiger partial charge in [0.05, 0.1) is 11.9 Å². The molecule has 1 fully saturated rings. The SMILES string of the molecule is CCC1CNC(C(C)(C)C)CN1c1cccnc1. The fraction of sp³-hybridized carbons (Fsp3) is 0.667. The first-order chi connectivity index (χ1) is 8.52. The molecule has 0 saturated carbocycles. The zero-order valence-electron chi connectivity index (χ0n) is 12.0. The summed E-state index contributed by atoms with van der Waals surface area (Å²) in [6.07, 6.45) is 4.99. The molecule has 3 nitrogen and oxygen atoms in total. The largest absolute Gasteiger partial charge is 0.364 e. The molecule has 2 heterocycles. The van der Waals surface area contributed by atoms with Crippen molar-refractivity contribution in [3.05, 3.63) is 24.5 Å². The molecule has 2 atom stereocenters. The molecular formula is C15H25N3. The molecule has 1 aromatic heterocycles. The normalized spacial score (nSPS) is 25.2. The van der Waals surface area contributed by atoms with Gasteiger partial charge in [-0.2, -0.15) is 0 Å². The van der Waals surface area contributed by atoms with Crippen LogP contribution in [0.15, 0.2) is 24.5 Å². The highest BCUT2D eigenvalue weighted by Crippen LogP contribution is 2.27. The third kappa shape index (κ3) is 2.83. The number of nitrogens with zero attached hydrogens (tertiary/aromatic N) is 2. The lowest BCUT2D eigenvalue weighted by Gasteiger charge is -2.46. The molecule has 2 unspecified atom stereocenters. The lowest BCUT2D eigenvalue weighted by molar-refractivity contribution is 0.233. The van der Waals surface area contributed by atoms with Gasteiger partial charge in [0, 0.05) is 31.4 Å². The summed E-state index contributed by atoms with van der Waals surface area (Å²) in [6.45, 7) is 11.3. The standard InChI is InChI=1S/C15H25N3/c1-5-12-10-17-14(15(2,3)4)11-18(12)13-7-6-8-16-9-13/h6-9,12,14,17H,5,10-11H2,1-4H3. The maximum Gasteiger partial charge on any atom is 0.0556 e. The minimum absolute atomic E-state index is 0.291. The Bertz CT molecular complexity index is 369. The van der Waals surface area contributed by atoms with Crippen LogP contribution in [0.1, 0.15) is 34.1 Å². The Balaban J connectivity index is 2.19. The van der Waals surface area contributed by atoms with E-state index in [-0.39, 0.29) is 0 Å². The fourth-order valence-electron chi connectivity index (χ4n) is 2.58. The van der Waals surface area contributed by atoms with Crippen LogP contribution in [0.3, 0.4) is 0 Å². The zero-order valence-corrected chi connectivity index (χ0v) is 12.0. The molecule has 1 saturated heterocycles. The Kier molecular flexibility index (Phi) is 3.91. The quantitative estimate of drug-likeness (QED) is 0.871. The first-order valence-corrected chi connectivity index (χ1v) is 6.92. The van der Waals surface area contributed by atoms with E-state index < -0.39 is 0 Å². The topological polar surface area (TPSA) is 28.2 Å². The van der Waals surface area contributed by atoms with Gasteiger partial charge in [-0.3, -0.25) is 4.98 Å². The highest BCUT2D eigenvalue weighted by molar-refractivity contribution is 5.46. The number of aromatic nitrogens is 1. The minimum atomic E-state index is 0.291. The van der Waals surface area contributed by atoms with Gasteiger partial charge in [-0.05, 0) is 24.0 Å². The lowest BCUT2D eigenvalue weighted by Crippen LogP contribution is -2.60. The van der Waals surface area contributed by atoms with Crippen molar-refractivity contribution in [3.63, 3.8) is 0 Å². The molecule has 1 aliphatic rings. The molecule has 1 N–H and O–H groups in total. The molecule has 3 heteroatoms. The first kappa shape index (κ1) is 13.3. The highest BCUT2D eigenvalue weighted by atomic mass is 15.2. The number of nitrogens with one attached hydrogen (secondary N) is 1. The van der Waals surface area contributed by atoms with Gasteiger partial charge in [0.15, 0.2) is 0 Å². The van der Waals surface area contributed by atoms with E-state index >= 15 is 0 Å². The Hall–Kier alpha value is -1.09. The first-order valence-electron chi connectivity index (χ1n) is 6.92. The summed E-state index contributed by atoms with van der Waals surface area (Å²) < 4.78 is 0. The maximum atomic E-state index is 4.25. The minimum Gasteiger partial charge on any atom is -0.364 e. The van der Waals surface area contributed by atoms with E-state index in [0.717, 1.165) is 13.1 Å². The Morgan fingerprint density at radius 1 is 1.44 bits per heavy atom. The predicted molar refractivity (Wildman–Crippen MR) is 76.9 cm³/mol. The van der Waals surface area contributed by atoms with Crippen LogP contribution in [0, 0.1) is 5.41 Å². The maximum absolute atomic E-state index is 4.25. The van der Waals surface area contributed by atoms with Gasteiger partial charge in [-0.25, -0.2) is 0 Å². The number of piperazine rings is 1. The lowest BCUT2D eigenvalue weighted by atomic mass is 9.84. The average Bonchev–Trinajstić information content (AvgIpc) is 2.38. The van der Waals surface area contributed by atoms with Crippen LogP contribution >= 0.6 is 0 Å². The summed E-state index contributed by atoms with van der Waals surface area (Å²) in [5.74, 6) is 0. The summed E-state index contributed by atoms with van der Waals surface area (Å²) in [5, 5.41) is 3.70. The highest BCUT2D eigenvalue weighted by Gasteiger charge is 2.33. The van der Waals surface area contributed by atoms with Crippen molar-refractivity contribution >= 4 is 5.69 Å². The Morgan fingerprint density at radius 3 is 2.78 bits per heavy atom. The molecule has 0 amide bonds. The molecule has 0 aromatic carbocycles. The van der Waals surface area contributed by atoms with Crippen LogP contribution in [0.25, 0.3) is 0 Å². The average molecular weight is 247 g/mol. The van der Waals surface area contributed by atoms with Gasteiger partial charge in [-0.1, -0.05) is 27.7 Å². The summed E-state index contributed by atoms with van der Waals surface area (Å²) >= 11 is 0. The second-order valence-corrected chi connectivity index (χ2v) is 6.25. The van der Waals surface area contributed by atoms with Crippen molar-refractivity contribution in [1.29, 1.82) is 0 Å². The van der Waals surface area contributed by atoms with Crippen molar-refractivity contribution in [1.82, 2.24) is 10.3 Å². The molecule has 0 aliphatic carbocycles. The van der Waals surface area contributed by atoms with Crippen LogP contribution < -0.4 is 10.2 Å². The van der Waals surface area contributed by atoms with Gasteiger partial charge in [0.25, 0.3) is 0 Å². The third-order valence-corrected chi connectivity index (χ3v) is 3.91. The van der Waals surface area contributed by atoms with Crippen LogP contribution in [0.4, 0.5) is 5.69 Å². The number of hydrogen-bond acceptors (Lipinski definition) is 3. The van der Waals surface area contributed by atoms with Crippen molar-refractivity contribution in [2.45, 2.75) is 46.2 Å². The number of hydrogen-bond donors (Lipinski definition) is 1. The van der Waals surface area contributed by atoms with E-state index in [1.54, 1.807) is 0 Å². The summed E-state index contributed by atoms with van der Waals surface area (Å²) in [5.41, 5.74) is 1.54. The molecule has 1 aliphatic heterocycles. The second kappa shape index (κ2) is 5.27. The summed E-state index contributed by atoms with van der Waals surface area (Å²) in [7, 11) is 0. The van der Waals surface area contributed by atoms with Crippen molar-refractivity contribution in [2.75, 3.05) is 18.0 Å². The van der Waals surface area contributed by atoms with E-state index in [9.17, 15) is 0 Å². The predicted octanol–water partition coefficient (Wildman–Crippen LogP) is 2.68. The van der Waals surface area contributed by atoms with Gasteiger partial charge in [0.1, 0.15) is 0 Å². The van der Waals surface area contributed by atoms with Crippen molar-refractivity contribution in [2.24, 2.45) is 5.41 Å². The summed E-state index contributed by atoms with van der Waals surface area (Å²) in [4.78, 5) is 6.77. The van der Waals surface area contributed by atoms with Gasteiger partial charge in [-0.15, -0.1) is 0 Å². The molecule has 1 aromatic rings. The van der Waals surface area contributed by atoms with Crippen LogP contribution in [0.5, 0.6) is 0 Å². The zero-order chi connectivity index (χ0) is 13.2. The Labute approximate surface area is 111 Å². The molecule has 0 bridgehead atoms. The van der Waals surface area contributed by atoms with E-state index in [1.165, 1.54) is 12.1 Å². The van der Waals surface area contributed by atoms with Crippen molar-refractivity contribution < 1.29 is 0 Å². The van der Waals surface area contributed by atoms with E-state index in [4.69, 9.17) is 0 Å². The molecular weight excluding hydrogens is 222 g/mol. The molecule has 2 rings (SSSR count). The van der Waals surface area contributed by atoms with Crippen LogP contribution in [-0.4, -0.2) is 30.2 Å². The van der Waals surface area contributed by atoms with E-state index in [2.05, 4.69) is 49.0 Å². The fourth-order valence-corrected chi connectivity index (χ4v) is 2.58. The van der Waals surface area contributed by atoms with E-state index in [1.807, 2.05) is 18.5 Å². The van der Waals surface area contributed by atoms with E-state index in [0.29, 0.717) is 17.5 Å². The van der Waals surface area contributed by atoms with Gasteiger partial charge in [0.2, 0.25) is 0 Å². The molecule has 0 radical (unpaired) electrons. The van der Waals surface area contributed by atoms with Crippen molar-refractivity contribution in [3.8, 4) is 0 Å². The third-order valence-electron chi connectivity index (χ3n) is 3.91. The monoisotopic (exact) mass is 247 g/mol. The van der Waals surface area contributed by atoms with Crippen LogP contribution in [0.2, 0.25) is 0 Å². The second-order valence-electron chi connectivity index (χ2n) is 6.25. The number of anilines is 1. The molecule has 100 valence electrons. The summed E-state index contributed by atoms with van der Waals surface area (Å²) in [6, 6.07) is 5.30. The van der Waals surface area contributed by atoms with Crippen LogP contribution in [-0.2, 0) is 0 Å². The van der Waals surface area contributed by atoms with Gasteiger partial charge >= 0.3 is 0 Å². The molecule has 0 spiro atoms. The van der Waals surface area contributed by atoms with Gasteiger partial charge < -0.3 is 10.2 Å². The smallest absolute Gasteiger partial charge is 0.0556 e. The molecule has 18 heavy (non-hydrogen) atoms.